The molecule has 5 heteroatoms. The van der Waals surface area contributed by atoms with E-state index in [1.807, 2.05) is 36.4 Å². The zero-order chi connectivity index (χ0) is 17.5. The van der Waals surface area contributed by atoms with E-state index in [0.717, 1.165) is 12.1 Å². The largest absolute Gasteiger partial charge is 0.389 e. The monoisotopic (exact) mass is 345 g/mol. The molecule has 25 heavy (non-hydrogen) atoms. The van der Waals surface area contributed by atoms with E-state index in [0.29, 0.717) is 31.9 Å². The van der Waals surface area contributed by atoms with Crippen molar-refractivity contribution in [1.29, 1.82) is 0 Å². The number of benzene rings is 2. The maximum absolute atomic E-state index is 13.9. The van der Waals surface area contributed by atoms with Crippen LogP contribution in [0.15, 0.2) is 54.6 Å². The third-order valence-electron chi connectivity index (χ3n) is 4.29. The summed E-state index contributed by atoms with van der Waals surface area (Å²) < 4.78 is 25.2. The third-order valence-corrected chi connectivity index (χ3v) is 4.29. The minimum absolute atomic E-state index is 0.249. The zero-order valence-corrected chi connectivity index (χ0v) is 14.2. The highest BCUT2D eigenvalue weighted by molar-refractivity contribution is 5.20. The summed E-state index contributed by atoms with van der Waals surface area (Å²) in [5, 5.41) is 10.2. The van der Waals surface area contributed by atoms with Crippen LogP contribution in [0.3, 0.4) is 0 Å². The van der Waals surface area contributed by atoms with Gasteiger partial charge in [-0.25, -0.2) is 4.39 Å². The van der Waals surface area contributed by atoms with Gasteiger partial charge in [0.1, 0.15) is 5.82 Å². The average Bonchev–Trinajstić information content (AvgIpc) is 2.63. The van der Waals surface area contributed by atoms with Gasteiger partial charge in [-0.15, -0.1) is 0 Å². The molecule has 2 aromatic rings. The van der Waals surface area contributed by atoms with Crippen molar-refractivity contribution < 1.29 is 19.0 Å². The lowest BCUT2D eigenvalue weighted by molar-refractivity contribution is -0.0546. The fraction of sp³-hybridized carbons (Fsp3) is 0.400. The summed E-state index contributed by atoms with van der Waals surface area (Å²) in [4.78, 5) is 2.09. The summed E-state index contributed by atoms with van der Waals surface area (Å²) in [6.45, 7) is 3.06. The molecule has 1 saturated heterocycles. The van der Waals surface area contributed by atoms with Crippen molar-refractivity contribution in [3.63, 3.8) is 0 Å². The molecule has 2 aromatic carbocycles. The number of rotatable bonds is 7. The highest BCUT2D eigenvalue weighted by Crippen LogP contribution is 2.24. The van der Waals surface area contributed by atoms with Gasteiger partial charge in [-0.1, -0.05) is 48.5 Å². The predicted molar refractivity (Wildman–Crippen MR) is 93.6 cm³/mol. The minimum atomic E-state index is -0.580. The highest BCUT2D eigenvalue weighted by Gasteiger charge is 2.25. The molecule has 0 unspecified atom stereocenters. The van der Waals surface area contributed by atoms with Gasteiger partial charge in [0, 0.05) is 25.2 Å². The topological polar surface area (TPSA) is 41.9 Å². The van der Waals surface area contributed by atoms with Gasteiger partial charge in [-0.3, -0.25) is 4.90 Å². The maximum Gasteiger partial charge on any atom is 0.129 e. The lowest BCUT2D eigenvalue weighted by atomic mass is 10.1. The van der Waals surface area contributed by atoms with Gasteiger partial charge in [-0.2, -0.15) is 0 Å². The summed E-state index contributed by atoms with van der Waals surface area (Å²) in [7, 11) is 0. The zero-order valence-electron chi connectivity index (χ0n) is 14.2. The molecule has 4 nitrogen and oxygen atoms in total. The van der Waals surface area contributed by atoms with Crippen LogP contribution in [0, 0.1) is 5.82 Å². The van der Waals surface area contributed by atoms with Crippen LogP contribution < -0.4 is 0 Å². The summed E-state index contributed by atoms with van der Waals surface area (Å²) in [6, 6.07) is 16.6. The molecule has 134 valence electrons. The van der Waals surface area contributed by atoms with Gasteiger partial charge in [0.2, 0.25) is 0 Å². The van der Waals surface area contributed by atoms with Crippen molar-refractivity contribution >= 4 is 0 Å². The highest BCUT2D eigenvalue weighted by atomic mass is 19.1. The molecule has 0 amide bonds. The minimum Gasteiger partial charge on any atom is -0.389 e. The molecule has 1 aliphatic heterocycles. The van der Waals surface area contributed by atoms with E-state index in [-0.39, 0.29) is 18.5 Å². The lowest BCUT2D eigenvalue weighted by Gasteiger charge is -2.34. The second kappa shape index (κ2) is 9.06. The number of morpholine rings is 1. The first-order chi connectivity index (χ1) is 12.2. The quantitative estimate of drug-likeness (QED) is 0.838. The van der Waals surface area contributed by atoms with Crippen LogP contribution in [0.5, 0.6) is 0 Å². The van der Waals surface area contributed by atoms with E-state index in [2.05, 4.69) is 4.90 Å². The first-order valence-electron chi connectivity index (χ1n) is 8.60. The molecular formula is C20H24FNO3. The van der Waals surface area contributed by atoms with Crippen LogP contribution in [-0.4, -0.2) is 49.0 Å². The predicted octanol–water partition coefficient (Wildman–Crippen LogP) is 2.78. The standard InChI is InChI=1S/C20H24FNO3/c21-19-9-5-4-8-18(19)20-13-22(10-11-25-20)12-17(23)15-24-14-16-6-2-1-3-7-16/h1-9,17,20,23H,10-15H2/t17-,20-/m0/s1. The molecule has 0 saturated carbocycles. The molecular weight excluding hydrogens is 321 g/mol. The Morgan fingerprint density at radius 1 is 1.16 bits per heavy atom. The Labute approximate surface area is 147 Å². The molecule has 0 radical (unpaired) electrons. The van der Waals surface area contributed by atoms with Crippen LogP contribution in [-0.2, 0) is 16.1 Å². The molecule has 0 aromatic heterocycles. The number of aliphatic hydroxyl groups excluding tert-OH is 1. The third kappa shape index (κ3) is 5.34. The maximum atomic E-state index is 13.9. The van der Waals surface area contributed by atoms with Gasteiger partial charge < -0.3 is 14.6 Å². The van der Waals surface area contributed by atoms with Crippen molar-refractivity contribution in [2.75, 3.05) is 32.8 Å². The summed E-state index contributed by atoms with van der Waals surface area (Å²) in [5.41, 5.74) is 1.66. The molecule has 0 spiro atoms. The summed E-state index contributed by atoms with van der Waals surface area (Å²) in [5.74, 6) is -0.249. The SMILES string of the molecule is O[C@H](COCc1ccccc1)CN1CCO[C@H](c2ccccc2F)C1. The van der Waals surface area contributed by atoms with Crippen molar-refractivity contribution in [2.24, 2.45) is 0 Å². The molecule has 0 bridgehead atoms. The van der Waals surface area contributed by atoms with E-state index >= 15 is 0 Å². The number of ether oxygens (including phenoxy) is 2. The molecule has 0 aliphatic carbocycles. The van der Waals surface area contributed by atoms with Crippen molar-refractivity contribution in [2.45, 2.75) is 18.8 Å². The first-order valence-corrected chi connectivity index (χ1v) is 8.60. The Morgan fingerprint density at radius 3 is 2.72 bits per heavy atom. The Bertz CT molecular complexity index is 652. The molecule has 1 fully saturated rings. The van der Waals surface area contributed by atoms with E-state index in [9.17, 15) is 9.50 Å². The van der Waals surface area contributed by atoms with E-state index in [4.69, 9.17) is 9.47 Å². The van der Waals surface area contributed by atoms with Gasteiger partial charge in [0.15, 0.2) is 0 Å². The first kappa shape index (κ1) is 18.0. The van der Waals surface area contributed by atoms with Crippen molar-refractivity contribution in [3.8, 4) is 0 Å². The van der Waals surface area contributed by atoms with Crippen LogP contribution in [0.1, 0.15) is 17.2 Å². The number of nitrogens with zero attached hydrogens (tertiary/aromatic N) is 1. The summed E-state index contributed by atoms with van der Waals surface area (Å²) >= 11 is 0. The second-order valence-corrected chi connectivity index (χ2v) is 6.30. The molecule has 1 heterocycles. The molecule has 3 rings (SSSR count). The Balaban J connectivity index is 1.45. The van der Waals surface area contributed by atoms with E-state index < -0.39 is 6.10 Å². The Morgan fingerprint density at radius 2 is 1.92 bits per heavy atom. The number of hydrogen-bond acceptors (Lipinski definition) is 4. The number of halogens is 1. The van der Waals surface area contributed by atoms with Crippen molar-refractivity contribution in [3.05, 3.63) is 71.5 Å². The fourth-order valence-electron chi connectivity index (χ4n) is 3.03. The fourth-order valence-corrected chi connectivity index (χ4v) is 3.03. The number of aliphatic hydroxyl groups is 1. The lowest BCUT2D eigenvalue weighted by Crippen LogP contribution is -2.43. The van der Waals surface area contributed by atoms with Gasteiger partial charge >= 0.3 is 0 Å². The van der Waals surface area contributed by atoms with Crippen LogP contribution in [0.4, 0.5) is 4.39 Å². The normalized spacial score (nSPS) is 19.7. The van der Waals surface area contributed by atoms with E-state index in [1.54, 1.807) is 12.1 Å². The number of hydrogen-bond donors (Lipinski definition) is 1. The van der Waals surface area contributed by atoms with Gasteiger partial charge in [-0.05, 0) is 11.6 Å². The van der Waals surface area contributed by atoms with E-state index in [1.165, 1.54) is 6.07 Å². The van der Waals surface area contributed by atoms with Gasteiger partial charge in [0.25, 0.3) is 0 Å². The smallest absolute Gasteiger partial charge is 0.129 e. The second-order valence-electron chi connectivity index (χ2n) is 6.30. The number of β-amino-alcohol motifs (C(OH)–C–C–N with tert-alkyl or cyclic N) is 1. The Kier molecular flexibility index (Phi) is 6.53. The van der Waals surface area contributed by atoms with Crippen LogP contribution >= 0.6 is 0 Å². The summed E-state index contributed by atoms with van der Waals surface area (Å²) in [6.07, 6.45) is -0.879. The molecule has 2 atom stereocenters. The van der Waals surface area contributed by atoms with Crippen molar-refractivity contribution in [1.82, 2.24) is 4.90 Å². The molecule has 1 aliphatic rings. The van der Waals surface area contributed by atoms with Gasteiger partial charge in [0.05, 0.1) is 32.0 Å². The average molecular weight is 345 g/mol. The van der Waals surface area contributed by atoms with Crippen LogP contribution in [0.2, 0.25) is 0 Å². The Hall–Kier alpha value is -1.79. The van der Waals surface area contributed by atoms with Crippen LogP contribution in [0.25, 0.3) is 0 Å². The molecule has 1 N–H and O–H groups in total.